The molecule has 0 saturated heterocycles. The van der Waals surface area contributed by atoms with Gasteiger partial charge < -0.3 is 15.5 Å². The third kappa shape index (κ3) is 4.31. The summed E-state index contributed by atoms with van der Waals surface area (Å²) in [5.41, 5.74) is -0.649. The van der Waals surface area contributed by atoms with E-state index < -0.39 is 30.3 Å². The molecule has 4 heterocycles. The molecule has 0 bridgehead atoms. The first-order chi connectivity index (χ1) is 15.3. The van der Waals surface area contributed by atoms with Crippen LogP contribution in [0.25, 0.3) is 22.2 Å². The standard InChI is InChI=1S/C20H14F4N6O2/c21-14-3-11(16(32)9-31)5-27-18(14)15-4-10-6-28-30-19(13(10)8-25-15)29-17-2-1-12(7-26-17)20(22,23)24/h1-8,16,31-32H,9H2,(H,26,29,30)/t16-/m1/s1. The fourth-order valence-electron chi connectivity index (χ4n) is 2.89. The highest BCUT2D eigenvalue weighted by molar-refractivity contribution is 5.93. The molecule has 3 N–H and O–H groups in total. The summed E-state index contributed by atoms with van der Waals surface area (Å²) in [6.45, 7) is -0.572. The average Bonchev–Trinajstić information content (AvgIpc) is 2.78. The molecule has 1 atom stereocenters. The second kappa shape index (κ2) is 8.40. The first-order valence-corrected chi connectivity index (χ1v) is 9.12. The number of aromatic nitrogens is 5. The molecule has 0 aromatic carbocycles. The van der Waals surface area contributed by atoms with Gasteiger partial charge in [-0.2, -0.15) is 18.3 Å². The Balaban J connectivity index is 1.64. The summed E-state index contributed by atoms with van der Waals surface area (Å²) in [6, 6.07) is 4.62. The Hall–Kier alpha value is -3.77. The van der Waals surface area contributed by atoms with Crippen molar-refractivity contribution < 1.29 is 27.8 Å². The van der Waals surface area contributed by atoms with Crippen molar-refractivity contribution in [2.45, 2.75) is 12.3 Å². The van der Waals surface area contributed by atoms with Gasteiger partial charge in [0.1, 0.15) is 17.6 Å². The van der Waals surface area contributed by atoms with Gasteiger partial charge in [-0.3, -0.25) is 9.97 Å². The summed E-state index contributed by atoms with van der Waals surface area (Å²) in [5.74, 6) is -0.422. The quantitative estimate of drug-likeness (QED) is 0.400. The summed E-state index contributed by atoms with van der Waals surface area (Å²) >= 11 is 0. The molecule has 0 unspecified atom stereocenters. The van der Waals surface area contributed by atoms with Crippen LogP contribution in [0.3, 0.4) is 0 Å². The lowest BCUT2D eigenvalue weighted by Crippen LogP contribution is -2.06. The molecule has 0 spiro atoms. The maximum absolute atomic E-state index is 14.5. The number of alkyl halides is 3. The summed E-state index contributed by atoms with van der Waals surface area (Å²) in [6.07, 6.45) is -1.01. The van der Waals surface area contributed by atoms with Gasteiger partial charge in [0.2, 0.25) is 0 Å². The lowest BCUT2D eigenvalue weighted by atomic mass is 10.1. The van der Waals surface area contributed by atoms with E-state index >= 15 is 0 Å². The summed E-state index contributed by atoms with van der Waals surface area (Å²) in [4.78, 5) is 11.9. The van der Waals surface area contributed by atoms with Gasteiger partial charge in [0, 0.05) is 34.9 Å². The summed E-state index contributed by atoms with van der Waals surface area (Å²) in [7, 11) is 0. The van der Waals surface area contributed by atoms with Gasteiger partial charge in [-0.15, -0.1) is 5.10 Å². The van der Waals surface area contributed by atoms with Crippen molar-refractivity contribution in [1.82, 2.24) is 25.1 Å². The molecule has 32 heavy (non-hydrogen) atoms. The lowest BCUT2D eigenvalue weighted by molar-refractivity contribution is -0.137. The largest absolute Gasteiger partial charge is 0.417 e. The van der Waals surface area contributed by atoms with Crippen LogP contribution in [0, 0.1) is 5.82 Å². The van der Waals surface area contributed by atoms with Crippen molar-refractivity contribution in [3.8, 4) is 11.4 Å². The van der Waals surface area contributed by atoms with Crippen molar-refractivity contribution >= 4 is 22.4 Å². The number of anilines is 2. The van der Waals surface area contributed by atoms with Crippen LogP contribution in [0.5, 0.6) is 0 Å². The molecule has 12 heteroatoms. The van der Waals surface area contributed by atoms with Gasteiger partial charge in [-0.1, -0.05) is 0 Å². The van der Waals surface area contributed by atoms with E-state index in [1.807, 2.05) is 0 Å². The highest BCUT2D eigenvalue weighted by atomic mass is 19.4. The van der Waals surface area contributed by atoms with Crippen LogP contribution in [-0.2, 0) is 6.18 Å². The number of hydrogen-bond acceptors (Lipinski definition) is 8. The first-order valence-electron chi connectivity index (χ1n) is 9.12. The molecule has 0 saturated carbocycles. The number of aliphatic hydroxyl groups is 2. The zero-order valence-electron chi connectivity index (χ0n) is 16.0. The fourth-order valence-corrected chi connectivity index (χ4v) is 2.89. The smallest absolute Gasteiger partial charge is 0.393 e. The normalized spacial score (nSPS) is 12.7. The number of fused-ring (bicyclic) bond motifs is 1. The van der Waals surface area contributed by atoms with Crippen molar-refractivity contribution in [2.75, 3.05) is 11.9 Å². The minimum atomic E-state index is -4.50. The topological polar surface area (TPSA) is 117 Å². The van der Waals surface area contributed by atoms with Crippen LogP contribution in [-0.4, -0.2) is 42.0 Å². The molecule has 0 radical (unpaired) electrons. The van der Waals surface area contributed by atoms with E-state index in [2.05, 4.69) is 30.5 Å². The molecule has 8 nitrogen and oxygen atoms in total. The Morgan fingerprint density at radius 2 is 1.81 bits per heavy atom. The molecule has 0 aliphatic rings. The third-order valence-electron chi connectivity index (χ3n) is 4.55. The number of halogens is 4. The van der Waals surface area contributed by atoms with Crippen LogP contribution >= 0.6 is 0 Å². The molecule has 0 aliphatic carbocycles. The van der Waals surface area contributed by atoms with E-state index in [-0.39, 0.29) is 28.6 Å². The first kappa shape index (κ1) is 21.5. The number of pyridine rings is 3. The molecule has 4 aromatic rings. The molecular formula is C20H14F4N6O2. The monoisotopic (exact) mass is 446 g/mol. The number of nitrogens with zero attached hydrogens (tertiary/aromatic N) is 5. The Bertz CT molecular complexity index is 1270. The Labute approximate surface area is 177 Å². The Morgan fingerprint density at radius 1 is 1.00 bits per heavy atom. The van der Waals surface area contributed by atoms with Gasteiger partial charge in [-0.05, 0) is 24.3 Å². The van der Waals surface area contributed by atoms with Crippen molar-refractivity contribution in [3.63, 3.8) is 0 Å². The minimum absolute atomic E-state index is 0.0727. The number of hydrogen-bond donors (Lipinski definition) is 3. The second-order valence-electron chi connectivity index (χ2n) is 6.70. The van der Waals surface area contributed by atoms with Crippen molar-refractivity contribution in [1.29, 1.82) is 0 Å². The molecular weight excluding hydrogens is 432 g/mol. The van der Waals surface area contributed by atoms with Gasteiger partial charge in [0.15, 0.2) is 11.6 Å². The molecule has 0 aliphatic heterocycles. The zero-order chi connectivity index (χ0) is 22.9. The van der Waals surface area contributed by atoms with E-state index in [1.54, 1.807) is 0 Å². The van der Waals surface area contributed by atoms with Crippen LogP contribution < -0.4 is 5.32 Å². The van der Waals surface area contributed by atoms with E-state index in [0.717, 1.165) is 18.2 Å². The molecule has 0 fully saturated rings. The molecule has 4 rings (SSSR count). The number of nitrogens with one attached hydrogen (secondary N) is 1. The number of rotatable bonds is 5. The maximum Gasteiger partial charge on any atom is 0.417 e. The van der Waals surface area contributed by atoms with Gasteiger partial charge in [0.25, 0.3) is 0 Å². The Morgan fingerprint density at radius 3 is 2.47 bits per heavy atom. The van der Waals surface area contributed by atoms with Crippen LogP contribution in [0.15, 0.2) is 49.1 Å². The van der Waals surface area contributed by atoms with Crippen molar-refractivity contribution in [3.05, 3.63) is 66.0 Å². The Kier molecular flexibility index (Phi) is 5.63. The van der Waals surface area contributed by atoms with Gasteiger partial charge in [-0.25, -0.2) is 9.37 Å². The molecule has 0 amide bonds. The molecule has 4 aromatic heterocycles. The summed E-state index contributed by atoms with van der Waals surface area (Å²) in [5, 5.41) is 30.1. The zero-order valence-corrected chi connectivity index (χ0v) is 16.0. The molecule has 164 valence electrons. The van der Waals surface area contributed by atoms with E-state index in [1.165, 1.54) is 24.7 Å². The highest BCUT2D eigenvalue weighted by Gasteiger charge is 2.30. The fraction of sp³-hybridized carbons (Fsp3) is 0.150. The maximum atomic E-state index is 14.5. The highest BCUT2D eigenvalue weighted by Crippen LogP contribution is 2.30. The van der Waals surface area contributed by atoms with Crippen molar-refractivity contribution in [2.24, 2.45) is 0 Å². The van der Waals surface area contributed by atoms with Crippen LogP contribution in [0.2, 0.25) is 0 Å². The number of aliphatic hydroxyl groups excluding tert-OH is 2. The van der Waals surface area contributed by atoms with Gasteiger partial charge in [0.05, 0.1) is 24.1 Å². The van der Waals surface area contributed by atoms with Crippen LogP contribution in [0.1, 0.15) is 17.2 Å². The second-order valence-corrected chi connectivity index (χ2v) is 6.70. The van der Waals surface area contributed by atoms with E-state index in [9.17, 15) is 22.7 Å². The van der Waals surface area contributed by atoms with Gasteiger partial charge >= 0.3 is 6.18 Å². The SMILES string of the molecule is OC[C@@H](O)c1cnc(-c2cc3cnnc(Nc4ccc(C(F)(F)F)cn4)c3cn2)c(F)c1. The van der Waals surface area contributed by atoms with Crippen LogP contribution in [0.4, 0.5) is 29.2 Å². The van der Waals surface area contributed by atoms with E-state index in [4.69, 9.17) is 5.11 Å². The predicted octanol–water partition coefficient (Wildman–Crippen LogP) is 3.41. The lowest BCUT2D eigenvalue weighted by Gasteiger charge is -2.11. The van der Waals surface area contributed by atoms with E-state index in [0.29, 0.717) is 17.0 Å². The predicted molar refractivity (Wildman–Crippen MR) is 105 cm³/mol. The average molecular weight is 446 g/mol. The minimum Gasteiger partial charge on any atom is -0.393 e. The summed E-state index contributed by atoms with van der Waals surface area (Å²) < 4.78 is 52.6. The third-order valence-corrected chi connectivity index (χ3v) is 4.55.